The van der Waals surface area contributed by atoms with Crippen LogP contribution in [0.15, 0.2) is 72.2 Å². The van der Waals surface area contributed by atoms with Crippen LogP contribution in [-0.2, 0) is 6.54 Å². The number of benzene rings is 2. The third-order valence-electron chi connectivity index (χ3n) is 4.42. The number of aliphatic imine (C=N–C) groups is 1. The molecule has 7 heteroatoms. The Kier molecular flexibility index (Phi) is 8.43. The van der Waals surface area contributed by atoms with E-state index >= 15 is 0 Å². The smallest absolute Gasteiger partial charge is 0.191 e. The van der Waals surface area contributed by atoms with Gasteiger partial charge in [0.1, 0.15) is 5.82 Å². The van der Waals surface area contributed by atoms with Crippen LogP contribution in [0.3, 0.4) is 0 Å². The van der Waals surface area contributed by atoms with E-state index in [4.69, 9.17) is 0 Å². The maximum absolute atomic E-state index is 14.3. The predicted octanol–water partition coefficient (Wildman–Crippen LogP) is 4.10. The molecular weight excluding hydrogens is 468 g/mol. The maximum atomic E-state index is 14.3. The van der Waals surface area contributed by atoms with E-state index in [-0.39, 0.29) is 29.8 Å². The molecule has 0 aliphatic rings. The lowest BCUT2D eigenvalue weighted by Gasteiger charge is -2.16. The summed E-state index contributed by atoms with van der Waals surface area (Å²) >= 11 is 0. The van der Waals surface area contributed by atoms with Crippen molar-refractivity contribution < 1.29 is 4.39 Å². The lowest BCUT2D eigenvalue weighted by molar-refractivity contribution is 0.614. The van der Waals surface area contributed by atoms with Crippen molar-refractivity contribution in [2.45, 2.75) is 19.4 Å². The number of hydrogen-bond acceptors (Lipinski definition) is 2. The fraction of sp³-hybridized carbons (Fsp3) is 0.238. The van der Waals surface area contributed by atoms with Gasteiger partial charge in [-0.3, -0.25) is 4.99 Å². The molecule has 0 aliphatic carbocycles. The van der Waals surface area contributed by atoms with Gasteiger partial charge in [-0.1, -0.05) is 43.3 Å². The van der Waals surface area contributed by atoms with Gasteiger partial charge in [-0.2, -0.15) is 0 Å². The number of nitrogens with zero attached hydrogens (tertiary/aromatic N) is 3. The largest absolute Gasteiger partial charge is 0.356 e. The minimum absolute atomic E-state index is 0. The van der Waals surface area contributed by atoms with Crippen LogP contribution < -0.4 is 10.6 Å². The Balaban J connectivity index is 0.00000280. The highest BCUT2D eigenvalue weighted by Crippen LogP contribution is 2.15. The molecule has 0 spiro atoms. The number of rotatable bonds is 6. The molecule has 1 atom stereocenters. The summed E-state index contributed by atoms with van der Waals surface area (Å²) in [4.78, 5) is 8.19. The summed E-state index contributed by atoms with van der Waals surface area (Å²) in [6.07, 6.45) is 4.92. The summed E-state index contributed by atoms with van der Waals surface area (Å²) in [6.45, 7) is 3.41. The molecule has 1 unspecified atom stereocenters. The normalized spacial score (nSPS) is 12.2. The van der Waals surface area contributed by atoms with Crippen molar-refractivity contribution >= 4 is 29.9 Å². The van der Waals surface area contributed by atoms with Crippen molar-refractivity contribution in [2.24, 2.45) is 4.99 Å². The molecule has 0 saturated carbocycles. The molecule has 2 aromatic carbocycles. The van der Waals surface area contributed by atoms with Crippen LogP contribution >= 0.6 is 24.0 Å². The third-order valence-corrected chi connectivity index (χ3v) is 4.42. The first-order chi connectivity index (χ1) is 13.2. The second kappa shape index (κ2) is 10.8. The fourth-order valence-electron chi connectivity index (χ4n) is 2.83. The van der Waals surface area contributed by atoms with Crippen molar-refractivity contribution in [2.75, 3.05) is 13.6 Å². The molecule has 1 aromatic heterocycles. The van der Waals surface area contributed by atoms with Crippen LogP contribution in [0.2, 0.25) is 0 Å². The SMILES string of the molecule is CN=C(NCc1ccc(-n2ccnc2)c(F)c1)NCC(C)c1ccccc1.I. The van der Waals surface area contributed by atoms with Gasteiger partial charge in [-0.05, 0) is 29.2 Å². The van der Waals surface area contributed by atoms with Gasteiger partial charge in [-0.25, -0.2) is 9.37 Å². The lowest BCUT2D eigenvalue weighted by atomic mass is 10.0. The summed E-state index contributed by atoms with van der Waals surface area (Å²) in [6, 6.07) is 15.5. The lowest BCUT2D eigenvalue weighted by Crippen LogP contribution is -2.38. The van der Waals surface area contributed by atoms with Crippen molar-refractivity contribution in [1.82, 2.24) is 20.2 Å². The summed E-state index contributed by atoms with van der Waals surface area (Å²) in [5, 5.41) is 6.55. The fourth-order valence-corrected chi connectivity index (χ4v) is 2.83. The first kappa shape index (κ1) is 21.9. The second-order valence-electron chi connectivity index (χ2n) is 6.37. The van der Waals surface area contributed by atoms with Crippen LogP contribution in [0.25, 0.3) is 5.69 Å². The average molecular weight is 493 g/mol. The van der Waals surface area contributed by atoms with Crippen LogP contribution in [0.1, 0.15) is 24.0 Å². The Hall–Kier alpha value is -2.42. The first-order valence-corrected chi connectivity index (χ1v) is 8.93. The monoisotopic (exact) mass is 493 g/mol. The second-order valence-corrected chi connectivity index (χ2v) is 6.37. The van der Waals surface area contributed by atoms with Crippen LogP contribution in [0.5, 0.6) is 0 Å². The van der Waals surface area contributed by atoms with E-state index in [9.17, 15) is 4.39 Å². The zero-order valence-electron chi connectivity index (χ0n) is 16.0. The summed E-state index contributed by atoms with van der Waals surface area (Å²) < 4.78 is 16.0. The predicted molar refractivity (Wildman–Crippen MR) is 122 cm³/mol. The minimum atomic E-state index is -0.284. The Labute approximate surface area is 182 Å². The summed E-state index contributed by atoms with van der Waals surface area (Å²) in [5.41, 5.74) is 2.60. The van der Waals surface area contributed by atoms with E-state index < -0.39 is 0 Å². The van der Waals surface area contributed by atoms with Gasteiger partial charge in [0.05, 0.1) is 12.0 Å². The van der Waals surface area contributed by atoms with Crippen LogP contribution in [0, 0.1) is 5.82 Å². The molecule has 0 fully saturated rings. The molecule has 3 rings (SSSR count). The van der Waals surface area contributed by atoms with E-state index in [1.807, 2.05) is 24.3 Å². The Morgan fingerprint density at radius 1 is 1.18 bits per heavy atom. The molecule has 28 heavy (non-hydrogen) atoms. The van der Waals surface area contributed by atoms with Crippen LogP contribution in [-0.4, -0.2) is 29.1 Å². The average Bonchev–Trinajstić information content (AvgIpc) is 3.23. The highest BCUT2D eigenvalue weighted by Gasteiger charge is 2.08. The van der Waals surface area contributed by atoms with Crippen LogP contribution in [0.4, 0.5) is 4.39 Å². The van der Waals surface area contributed by atoms with Gasteiger partial charge >= 0.3 is 0 Å². The number of guanidine groups is 1. The van der Waals surface area contributed by atoms with Gasteiger partial charge < -0.3 is 15.2 Å². The molecule has 2 N–H and O–H groups in total. The van der Waals surface area contributed by atoms with E-state index in [2.05, 4.69) is 39.7 Å². The molecule has 0 aliphatic heterocycles. The van der Waals surface area contributed by atoms with Crippen molar-refractivity contribution in [3.05, 3.63) is 84.2 Å². The van der Waals surface area contributed by atoms with E-state index in [0.717, 1.165) is 12.1 Å². The highest BCUT2D eigenvalue weighted by molar-refractivity contribution is 14.0. The van der Waals surface area contributed by atoms with Gasteiger partial charge in [-0.15, -0.1) is 24.0 Å². The topological polar surface area (TPSA) is 54.2 Å². The number of halogens is 2. The first-order valence-electron chi connectivity index (χ1n) is 8.93. The number of nitrogens with one attached hydrogen (secondary N) is 2. The van der Waals surface area contributed by atoms with Crippen molar-refractivity contribution in [3.63, 3.8) is 0 Å². The van der Waals surface area contributed by atoms with E-state index in [1.165, 1.54) is 11.6 Å². The Morgan fingerprint density at radius 3 is 2.61 bits per heavy atom. The van der Waals surface area contributed by atoms with Gasteiger partial charge in [0.2, 0.25) is 0 Å². The zero-order valence-corrected chi connectivity index (χ0v) is 18.3. The minimum Gasteiger partial charge on any atom is -0.356 e. The third kappa shape index (κ3) is 5.79. The van der Waals surface area contributed by atoms with E-state index in [1.54, 1.807) is 36.4 Å². The quantitative estimate of drug-likeness (QED) is 0.309. The molecule has 148 valence electrons. The van der Waals surface area contributed by atoms with Crippen molar-refractivity contribution in [1.29, 1.82) is 0 Å². The Bertz CT molecular complexity index is 881. The number of hydrogen-bond donors (Lipinski definition) is 2. The molecule has 0 amide bonds. The van der Waals surface area contributed by atoms with E-state index in [0.29, 0.717) is 24.1 Å². The molecule has 1 heterocycles. The Morgan fingerprint density at radius 2 is 1.96 bits per heavy atom. The molecule has 0 radical (unpaired) electrons. The number of imidazole rings is 1. The van der Waals surface area contributed by atoms with Crippen molar-refractivity contribution in [3.8, 4) is 5.69 Å². The summed E-state index contributed by atoms with van der Waals surface area (Å²) in [5.74, 6) is 0.765. The van der Waals surface area contributed by atoms with Gasteiger partial charge in [0.15, 0.2) is 5.96 Å². The molecule has 5 nitrogen and oxygen atoms in total. The standard InChI is InChI=1S/C21H24FN5.HI/c1-16(18-6-4-3-5-7-18)13-25-21(23-2)26-14-17-8-9-20(19(22)12-17)27-11-10-24-15-27;/h3-12,15-16H,13-14H2,1-2H3,(H2,23,25,26);1H. The number of aromatic nitrogens is 2. The molecule has 0 saturated heterocycles. The highest BCUT2D eigenvalue weighted by atomic mass is 127. The molecular formula is C21H25FIN5. The van der Waals surface area contributed by atoms with Gasteiger partial charge in [0, 0.05) is 32.5 Å². The zero-order chi connectivity index (χ0) is 19.1. The summed E-state index contributed by atoms with van der Waals surface area (Å²) in [7, 11) is 1.73. The molecule has 0 bridgehead atoms. The maximum Gasteiger partial charge on any atom is 0.191 e. The molecule has 3 aromatic rings. The van der Waals surface area contributed by atoms with Gasteiger partial charge in [0.25, 0.3) is 0 Å².